The summed E-state index contributed by atoms with van der Waals surface area (Å²) in [4.78, 5) is 12.5. The average molecular weight is 532 g/mol. The maximum Gasteiger partial charge on any atom is 0.266 e. The summed E-state index contributed by atoms with van der Waals surface area (Å²) in [5.41, 5.74) is 1.79. The number of halogens is 3. The molecule has 0 radical (unpaired) electrons. The Bertz CT molecular complexity index is 1200. The Morgan fingerprint density at radius 1 is 1.12 bits per heavy atom. The summed E-state index contributed by atoms with van der Waals surface area (Å²) in [5, 5.41) is 13.0. The Labute approximate surface area is 204 Å². The summed E-state index contributed by atoms with van der Waals surface area (Å²) >= 11 is 15.9. The lowest BCUT2D eigenvalue weighted by atomic mass is 10.1. The van der Waals surface area contributed by atoms with Crippen molar-refractivity contribution < 1.29 is 14.3 Å². The number of ether oxygens (including phenoxy) is 2. The van der Waals surface area contributed by atoms with E-state index >= 15 is 0 Å². The predicted octanol–water partition coefficient (Wildman–Crippen LogP) is 6.89. The fourth-order valence-electron chi connectivity index (χ4n) is 2.78. The molecule has 3 aromatic rings. The second kappa shape index (κ2) is 11.1. The second-order valence-corrected chi connectivity index (χ2v) is 8.28. The van der Waals surface area contributed by atoms with Crippen LogP contribution in [0.2, 0.25) is 10.0 Å². The summed E-state index contributed by atoms with van der Waals surface area (Å²) in [6.45, 7) is 0.198. The van der Waals surface area contributed by atoms with Crippen LogP contribution in [0.25, 0.3) is 6.08 Å². The molecule has 0 atom stereocenters. The van der Waals surface area contributed by atoms with E-state index < -0.39 is 5.91 Å². The van der Waals surface area contributed by atoms with Gasteiger partial charge in [-0.3, -0.25) is 4.79 Å². The van der Waals surface area contributed by atoms with Crippen molar-refractivity contribution in [2.75, 3.05) is 12.4 Å². The van der Waals surface area contributed by atoms with Gasteiger partial charge in [0.1, 0.15) is 18.2 Å². The minimum Gasteiger partial charge on any atom is -0.493 e. The van der Waals surface area contributed by atoms with Crippen LogP contribution in [0.3, 0.4) is 0 Å². The molecule has 5 nitrogen and oxygen atoms in total. The minimum atomic E-state index is -0.538. The SMILES string of the molecule is COc1cc(/C=C(/C#N)C(=O)Nc2ccc(Br)cc2)cc(Cl)c1OCc1ccccc1Cl. The molecule has 0 bridgehead atoms. The van der Waals surface area contributed by atoms with E-state index in [1.54, 1.807) is 42.5 Å². The van der Waals surface area contributed by atoms with Gasteiger partial charge in [-0.2, -0.15) is 5.26 Å². The minimum absolute atomic E-state index is 0.0872. The van der Waals surface area contributed by atoms with E-state index in [9.17, 15) is 10.1 Å². The van der Waals surface area contributed by atoms with E-state index in [2.05, 4.69) is 21.2 Å². The lowest BCUT2D eigenvalue weighted by molar-refractivity contribution is -0.112. The van der Waals surface area contributed by atoms with E-state index in [-0.39, 0.29) is 17.2 Å². The first kappa shape index (κ1) is 23.7. The van der Waals surface area contributed by atoms with E-state index in [0.29, 0.717) is 27.8 Å². The van der Waals surface area contributed by atoms with Crippen molar-refractivity contribution in [2.24, 2.45) is 0 Å². The molecule has 3 aromatic carbocycles. The van der Waals surface area contributed by atoms with Crippen molar-refractivity contribution >= 4 is 56.8 Å². The van der Waals surface area contributed by atoms with E-state index in [1.165, 1.54) is 13.2 Å². The van der Waals surface area contributed by atoms with Crippen LogP contribution in [0.15, 0.2) is 70.7 Å². The van der Waals surface area contributed by atoms with Crippen LogP contribution >= 0.6 is 39.1 Å². The number of carbonyl (C=O) groups is 1. The number of rotatable bonds is 7. The molecule has 3 rings (SSSR count). The second-order valence-electron chi connectivity index (χ2n) is 6.55. The molecule has 0 aliphatic heterocycles. The molecule has 0 aliphatic carbocycles. The number of nitrogens with one attached hydrogen (secondary N) is 1. The monoisotopic (exact) mass is 530 g/mol. The first-order valence-electron chi connectivity index (χ1n) is 9.33. The normalized spacial score (nSPS) is 10.9. The average Bonchev–Trinajstić information content (AvgIpc) is 2.78. The highest BCUT2D eigenvalue weighted by Gasteiger charge is 2.15. The largest absolute Gasteiger partial charge is 0.493 e. The highest BCUT2D eigenvalue weighted by atomic mass is 79.9. The molecule has 0 spiro atoms. The van der Waals surface area contributed by atoms with Gasteiger partial charge >= 0.3 is 0 Å². The number of methoxy groups -OCH3 is 1. The number of benzene rings is 3. The summed E-state index contributed by atoms with van der Waals surface area (Å²) in [6, 6.07) is 19.5. The molecule has 0 aromatic heterocycles. The molecule has 1 N–H and O–H groups in total. The molecule has 32 heavy (non-hydrogen) atoms. The standard InChI is InChI=1S/C24H17BrCl2N2O3/c1-31-22-12-15(10-17(13-28)24(30)29-19-8-6-18(25)7-9-19)11-21(27)23(22)32-14-16-4-2-3-5-20(16)26/h2-12H,14H2,1H3,(H,29,30)/b17-10-. The molecule has 0 saturated carbocycles. The quantitative estimate of drug-likeness (QED) is 0.266. The number of amides is 1. The first-order valence-corrected chi connectivity index (χ1v) is 10.9. The first-order chi connectivity index (χ1) is 15.4. The summed E-state index contributed by atoms with van der Waals surface area (Å²) < 4.78 is 12.1. The van der Waals surface area contributed by atoms with Crippen LogP contribution < -0.4 is 14.8 Å². The summed E-state index contributed by atoms with van der Waals surface area (Å²) in [5.74, 6) is 0.162. The van der Waals surface area contributed by atoms with E-state index in [4.69, 9.17) is 32.7 Å². The van der Waals surface area contributed by atoms with Gasteiger partial charge in [0.05, 0.1) is 12.1 Å². The van der Waals surface area contributed by atoms with Crippen LogP contribution in [0.5, 0.6) is 11.5 Å². The zero-order valence-corrected chi connectivity index (χ0v) is 20.0. The van der Waals surface area contributed by atoms with E-state index in [0.717, 1.165) is 10.0 Å². The molecule has 0 saturated heterocycles. The highest BCUT2D eigenvalue weighted by Crippen LogP contribution is 2.38. The number of nitrogens with zero attached hydrogens (tertiary/aromatic N) is 1. The zero-order valence-electron chi connectivity index (χ0n) is 16.9. The fourth-order valence-corrected chi connectivity index (χ4v) is 3.50. The van der Waals surface area contributed by atoms with E-state index in [1.807, 2.05) is 24.3 Å². The maximum atomic E-state index is 12.5. The van der Waals surface area contributed by atoms with Crippen LogP contribution in [0.4, 0.5) is 5.69 Å². The van der Waals surface area contributed by atoms with Gasteiger partial charge in [-0.05, 0) is 54.1 Å². The van der Waals surface area contributed by atoms with Gasteiger partial charge < -0.3 is 14.8 Å². The van der Waals surface area contributed by atoms with Gasteiger partial charge in [-0.25, -0.2) is 0 Å². The predicted molar refractivity (Wildman–Crippen MR) is 130 cm³/mol. The Balaban J connectivity index is 1.82. The third-order valence-electron chi connectivity index (χ3n) is 4.36. The van der Waals surface area contributed by atoms with Gasteiger partial charge in [-0.15, -0.1) is 0 Å². The Hall–Kier alpha value is -2.98. The van der Waals surface area contributed by atoms with Crippen molar-refractivity contribution in [2.45, 2.75) is 6.61 Å². The van der Waals surface area contributed by atoms with Crippen molar-refractivity contribution in [3.8, 4) is 17.6 Å². The molecule has 0 fully saturated rings. The maximum absolute atomic E-state index is 12.5. The Kier molecular flexibility index (Phi) is 8.18. The number of hydrogen-bond donors (Lipinski definition) is 1. The third-order valence-corrected chi connectivity index (χ3v) is 5.54. The van der Waals surface area contributed by atoms with Crippen LogP contribution in [-0.4, -0.2) is 13.0 Å². The Morgan fingerprint density at radius 3 is 2.50 bits per heavy atom. The van der Waals surface area contributed by atoms with Gasteiger partial charge in [0.2, 0.25) is 0 Å². The fraction of sp³-hybridized carbons (Fsp3) is 0.0833. The van der Waals surface area contributed by atoms with Gasteiger partial charge in [-0.1, -0.05) is 57.3 Å². The smallest absolute Gasteiger partial charge is 0.266 e. The van der Waals surface area contributed by atoms with Gasteiger partial charge in [0, 0.05) is 20.7 Å². The van der Waals surface area contributed by atoms with Crippen molar-refractivity contribution in [1.29, 1.82) is 5.26 Å². The number of hydrogen-bond acceptors (Lipinski definition) is 4. The lowest BCUT2D eigenvalue weighted by Gasteiger charge is -2.14. The molecule has 162 valence electrons. The number of anilines is 1. The van der Waals surface area contributed by atoms with Crippen LogP contribution in [0.1, 0.15) is 11.1 Å². The Morgan fingerprint density at radius 2 is 1.84 bits per heavy atom. The molecule has 8 heteroatoms. The lowest BCUT2D eigenvalue weighted by Crippen LogP contribution is -2.13. The highest BCUT2D eigenvalue weighted by molar-refractivity contribution is 9.10. The van der Waals surface area contributed by atoms with Crippen molar-refractivity contribution in [1.82, 2.24) is 0 Å². The molecule has 0 heterocycles. The molecule has 1 amide bonds. The topological polar surface area (TPSA) is 71.3 Å². The molecular weight excluding hydrogens is 515 g/mol. The number of nitriles is 1. The van der Waals surface area contributed by atoms with Gasteiger partial charge in [0.25, 0.3) is 5.91 Å². The van der Waals surface area contributed by atoms with Crippen LogP contribution in [-0.2, 0) is 11.4 Å². The number of carbonyl (C=O) groups excluding carboxylic acids is 1. The van der Waals surface area contributed by atoms with Crippen molar-refractivity contribution in [3.63, 3.8) is 0 Å². The third kappa shape index (κ3) is 6.04. The zero-order chi connectivity index (χ0) is 23.1. The molecular formula is C24H17BrCl2N2O3. The molecule has 0 unspecified atom stereocenters. The molecule has 0 aliphatic rings. The summed E-state index contributed by atoms with van der Waals surface area (Å²) in [7, 11) is 1.48. The van der Waals surface area contributed by atoms with Crippen molar-refractivity contribution in [3.05, 3.63) is 91.9 Å². The van der Waals surface area contributed by atoms with Gasteiger partial charge in [0.15, 0.2) is 11.5 Å². The summed E-state index contributed by atoms with van der Waals surface area (Å²) in [6.07, 6.45) is 1.43. The van der Waals surface area contributed by atoms with Crippen LogP contribution in [0, 0.1) is 11.3 Å².